The van der Waals surface area contributed by atoms with Crippen molar-refractivity contribution in [3.8, 4) is 0 Å². The van der Waals surface area contributed by atoms with E-state index in [1.807, 2.05) is 19.9 Å². The number of hydrogen-bond donors (Lipinski definition) is 1. The van der Waals surface area contributed by atoms with E-state index in [0.717, 1.165) is 22.5 Å². The minimum atomic E-state index is -0.940. The second-order valence-corrected chi connectivity index (χ2v) is 11.6. The molecule has 198 valence electrons. The predicted molar refractivity (Wildman–Crippen MR) is 172 cm³/mol. The average Bonchev–Trinajstić information content (AvgIpc) is 2.96. The summed E-state index contributed by atoms with van der Waals surface area (Å²) in [6, 6.07) is 43.2. The Bertz CT molecular complexity index is 1810. The molecule has 1 N–H and O–H groups in total. The minimum absolute atomic E-state index is 0.430. The summed E-state index contributed by atoms with van der Waals surface area (Å²) in [5.41, 5.74) is 2.73. The van der Waals surface area contributed by atoms with Crippen molar-refractivity contribution >= 4 is 62.3 Å². The van der Waals surface area contributed by atoms with E-state index >= 15 is 0 Å². The molecule has 0 unspecified atom stereocenters. The molecule has 0 spiro atoms. The number of fused-ring (bicyclic) bond motifs is 5. The molecule has 0 aliphatic carbocycles. The Labute approximate surface area is 236 Å². The van der Waals surface area contributed by atoms with Gasteiger partial charge in [0, 0.05) is 17.1 Å². The van der Waals surface area contributed by atoms with Gasteiger partial charge in [-0.15, -0.1) is 0 Å². The van der Waals surface area contributed by atoms with Crippen molar-refractivity contribution in [2.75, 3.05) is 4.90 Å². The molecule has 0 aliphatic heterocycles. The van der Waals surface area contributed by atoms with Crippen LogP contribution >= 0.6 is 0 Å². The van der Waals surface area contributed by atoms with Crippen LogP contribution in [0.2, 0.25) is 0 Å². The second-order valence-electron chi connectivity index (χ2n) is 11.6. The first kappa shape index (κ1) is 26.1. The zero-order valence-electron chi connectivity index (χ0n) is 23.6. The highest BCUT2D eigenvalue weighted by atomic mass is 16.5. The lowest BCUT2D eigenvalue weighted by Crippen LogP contribution is -2.49. The van der Waals surface area contributed by atoms with Gasteiger partial charge in [0.25, 0.3) is 0 Å². The van der Waals surface area contributed by atoms with Crippen LogP contribution in [0.1, 0.15) is 27.7 Å². The van der Waals surface area contributed by atoms with Crippen molar-refractivity contribution in [1.82, 2.24) is 0 Å². The fraction of sp³-hybridized carbons (Fsp3) is 0.167. The molecule has 0 saturated carbocycles. The van der Waals surface area contributed by atoms with E-state index in [4.69, 9.17) is 4.65 Å². The average molecular weight is 523 g/mol. The molecule has 3 nitrogen and oxygen atoms in total. The molecule has 6 aromatic rings. The second kappa shape index (κ2) is 10.1. The van der Waals surface area contributed by atoms with Gasteiger partial charge in [-0.3, -0.25) is 0 Å². The fourth-order valence-electron chi connectivity index (χ4n) is 5.17. The Morgan fingerprint density at radius 2 is 1.15 bits per heavy atom. The third kappa shape index (κ3) is 4.85. The van der Waals surface area contributed by atoms with E-state index < -0.39 is 11.2 Å². The van der Waals surface area contributed by atoms with Crippen LogP contribution in [-0.2, 0) is 4.65 Å². The summed E-state index contributed by atoms with van der Waals surface area (Å²) in [4.78, 5) is 2.29. The first-order chi connectivity index (χ1) is 19.2. The Kier molecular flexibility index (Phi) is 6.62. The van der Waals surface area contributed by atoms with Gasteiger partial charge in [0.2, 0.25) is 0 Å². The maximum atomic E-state index is 10.4. The summed E-state index contributed by atoms with van der Waals surface area (Å²) in [5, 5.41) is 18.0. The minimum Gasteiger partial charge on any atom is -0.427 e. The van der Waals surface area contributed by atoms with Crippen molar-refractivity contribution in [1.29, 1.82) is 0 Å². The van der Waals surface area contributed by atoms with Crippen LogP contribution in [0.15, 0.2) is 121 Å². The summed E-state index contributed by atoms with van der Waals surface area (Å²) in [5.74, 6) is 0. The van der Waals surface area contributed by atoms with Gasteiger partial charge in [-0.25, -0.2) is 0 Å². The molecular weight excluding hydrogens is 489 g/mol. The van der Waals surface area contributed by atoms with Crippen molar-refractivity contribution in [3.05, 3.63) is 121 Å². The monoisotopic (exact) mass is 523 g/mol. The molecule has 0 atom stereocenters. The van der Waals surface area contributed by atoms with E-state index in [1.165, 1.54) is 32.3 Å². The van der Waals surface area contributed by atoms with E-state index in [-0.39, 0.29) is 0 Å². The van der Waals surface area contributed by atoms with Gasteiger partial charge < -0.3 is 14.7 Å². The molecule has 6 aromatic carbocycles. The topological polar surface area (TPSA) is 32.7 Å². The Morgan fingerprint density at radius 3 is 1.88 bits per heavy atom. The molecule has 0 fully saturated rings. The van der Waals surface area contributed by atoms with Crippen molar-refractivity contribution in [2.24, 2.45) is 0 Å². The lowest BCUT2D eigenvalue weighted by molar-refractivity contribution is -0.0893. The zero-order chi connectivity index (χ0) is 27.9. The first-order valence-electron chi connectivity index (χ1n) is 13.9. The lowest BCUT2D eigenvalue weighted by atomic mass is 9.82. The third-order valence-electron chi connectivity index (χ3n) is 8.25. The maximum Gasteiger partial charge on any atom is 0.309 e. The highest BCUT2D eigenvalue weighted by Gasteiger charge is 2.35. The zero-order valence-corrected chi connectivity index (χ0v) is 23.6. The molecule has 6 rings (SSSR count). The quantitative estimate of drug-likeness (QED) is 0.169. The van der Waals surface area contributed by atoms with Gasteiger partial charge in [-0.05, 0) is 96.4 Å². The van der Waals surface area contributed by atoms with Crippen molar-refractivity contribution < 1.29 is 9.76 Å². The largest absolute Gasteiger partial charge is 0.427 e. The standard InChI is InChI=1S/C36H34BNO2/c1-35(2,39)36(3,4)40-37-28-18-20-30(21-19-28)38(29-11-6-5-7-12-29)31-22-23-33-27(24-31)17-16-26-15-14-25-10-8-9-13-32(25)34(26)33/h5-24,37,39H,1-4H3. The number of aliphatic hydroxyl groups is 1. The van der Waals surface area contributed by atoms with Gasteiger partial charge in [0.1, 0.15) is 0 Å². The Morgan fingerprint density at radius 1 is 0.575 bits per heavy atom. The van der Waals surface area contributed by atoms with Crippen LogP contribution in [-0.4, -0.2) is 23.8 Å². The number of benzene rings is 6. The number of anilines is 3. The number of hydrogen-bond acceptors (Lipinski definition) is 3. The Hall–Kier alpha value is -4.12. The number of rotatable bonds is 7. The normalized spacial score (nSPS) is 12.2. The molecule has 0 bridgehead atoms. The fourth-order valence-corrected chi connectivity index (χ4v) is 5.17. The molecule has 0 aromatic heterocycles. The summed E-state index contributed by atoms with van der Waals surface area (Å²) in [6.45, 7) is 7.40. The highest BCUT2D eigenvalue weighted by molar-refractivity contribution is 6.47. The van der Waals surface area contributed by atoms with Crippen LogP contribution in [0, 0.1) is 0 Å². The van der Waals surface area contributed by atoms with E-state index in [1.54, 1.807) is 13.8 Å². The van der Waals surface area contributed by atoms with E-state index in [9.17, 15) is 5.11 Å². The molecule has 40 heavy (non-hydrogen) atoms. The molecule has 0 saturated heterocycles. The Balaban J connectivity index is 1.40. The summed E-state index contributed by atoms with van der Waals surface area (Å²) >= 11 is 0. The van der Waals surface area contributed by atoms with Gasteiger partial charge >= 0.3 is 7.48 Å². The number of para-hydroxylation sites is 1. The van der Waals surface area contributed by atoms with Gasteiger partial charge in [0.15, 0.2) is 0 Å². The van der Waals surface area contributed by atoms with Crippen molar-refractivity contribution in [2.45, 2.75) is 38.9 Å². The van der Waals surface area contributed by atoms with Gasteiger partial charge in [0.05, 0.1) is 11.2 Å². The molecule has 0 heterocycles. The highest BCUT2D eigenvalue weighted by Crippen LogP contribution is 2.38. The van der Waals surface area contributed by atoms with Gasteiger partial charge in [-0.2, -0.15) is 0 Å². The van der Waals surface area contributed by atoms with E-state index in [2.05, 4.69) is 120 Å². The summed E-state index contributed by atoms with van der Waals surface area (Å²) < 4.78 is 6.10. The molecule has 4 heteroatoms. The first-order valence-corrected chi connectivity index (χ1v) is 13.9. The molecule has 0 aliphatic rings. The molecule has 0 radical (unpaired) electrons. The summed E-state index contributed by atoms with van der Waals surface area (Å²) in [7, 11) is 0.430. The van der Waals surface area contributed by atoms with Crippen LogP contribution in [0.3, 0.4) is 0 Å². The van der Waals surface area contributed by atoms with Crippen LogP contribution < -0.4 is 10.4 Å². The third-order valence-corrected chi connectivity index (χ3v) is 8.25. The van der Waals surface area contributed by atoms with Crippen LogP contribution in [0.25, 0.3) is 32.3 Å². The predicted octanol–water partition coefficient (Wildman–Crippen LogP) is 8.16. The van der Waals surface area contributed by atoms with Crippen molar-refractivity contribution in [3.63, 3.8) is 0 Å². The van der Waals surface area contributed by atoms with E-state index in [0.29, 0.717) is 7.48 Å². The molecule has 0 amide bonds. The lowest BCUT2D eigenvalue weighted by Gasteiger charge is -2.37. The molecular formula is C36H34BNO2. The van der Waals surface area contributed by atoms with Crippen LogP contribution in [0.5, 0.6) is 0 Å². The summed E-state index contributed by atoms with van der Waals surface area (Å²) in [6.07, 6.45) is 0. The van der Waals surface area contributed by atoms with Crippen LogP contribution in [0.4, 0.5) is 17.1 Å². The van der Waals surface area contributed by atoms with Gasteiger partial charge in [-0.1, -0.05) is 90.4 Å². The maximum absolute atomic E-state index is 10.4. The SMILES string of the molecule is CC(C)(O)C(C)(C)OBc1ccc(N(c2ccccc2)c2ccc3c(ccc4ccc5ccccc5c43)c2)cc1. The number of nitrogens with zero attached hydrogens (tertiary/aromatic N) is 1. The smallest absolute Gasteiger partial charge is 0.309 e.